The molecular formula is C9H13Br. The molecule has 0 saturated heterocycles. The maximum absolute atomic E-state index is 3.48. The van der Waals surface area contributed by atoms with Crippen LogP contribution < -0.4 is 0 Å². The minimum atomic E-state index is 1.20. The van der Waals surface area contributed by atoms with Gasteiger partial charge in [-0.05, 0) is 23.7 Å². The summed E-state index contributed by atoms with van der Waals surface area (Å²) in [4.78, 5) is 0. The van der Waals surface area contributed by atoms with Crippen LogP contribution in [0.3, 0.4) is 0 Å². The van der Waals surface area contributed by atoms with Gasteiger partial charge in [0.25, 0.3) is 0 Å². The van der Waals surface area contributed by atoms with Gasteiger partial charge in [0.15, 0.2) is 0 Å². The fraction of sp³-hybridized carbons (Fsp3) is 0.556. The van der Waals surface area contributed by atoms with Crippen molar-refractivity contribution in [2.24, 2.45) is 0 Å². The van der Waals surface area contributed by atoms with Crippen molar-refractivity contribution in [3.05, 3.63) is 22.2 Å². The van der Waals surface area contributed by atoms with E-state index in [4.69, 9.17) is 0 Å². The molecule has 56 valence electrons. The first-order chi connectivity index (χ1) is 4.83. The summed E-state index contributed by atoms with van der Waals surface area (Å²) in [5.41, 5.74) is 1.60. The van der Waals surface area contributed by atoms with E-state index in [2.05, 4.69) is 35.0 Å². The van der Waals surface area contributed by atoms with Crippen LogP contribution in [0.4, 0.5) is 0 Å². The van der Waals surface area contributed by atoms with E-state index in [1.54, 1.807) is 5.57 Å². The van der Waals surface area contributed by atoms with E-state index >= 15 is 0 Å². The average molecular weight is 201 g/mol. The first-order valence-electron chi connectivity index (χ1n) is 3.87. The van der Waals surface area contributed by atoms with Gasteiger partial charge in [-0.25, -0.2) is 0 Å². The van der Waals surface area contributed by atoms with Crippen molar-refractivity contribution in [1.29, 1.82) is 0 Å². The summed E-state index contributed by atoms with van der Waals surface area (Å²) in [6.07, 6.45) is 9.43. The third-order valence-corrected chi connectivity index (χ3v) is 2.42. The molecule has 0 aromatic carbocycles. The van der Waals surface area contributed by atoms with Crippen LogP contribution in [0.5, 0.6) is 0 Å². The summed E-state index contributed by atoms with van der Waals surface area (Å²) in [6, 6.07) is 0. The molecule has 0 amide bonds. The van der Waals surface area contributed by atoms with Crippen LogP contribution >= 0.6 is 15.9 Å². The Hall–Kier alpha value is -0.0400. The Morgan fingerprint density at radius 2 is 2.20 bits per heavy atom. The van der Waals surface area contributed by atoms with Crippen LogP contribution in [-0.4, -0.2) is 0 Å². The largest absolute Gasteiger partial charge is 0.0699 e. The second-order valence-corrected chi connectivity index (χ2v) is 3.71. The lowest BCUT2D eigenvalue weighted by Gasteiger charge is -2.09. The average Bonchev–Trinajstić information content (AvgIpc) is 1.95. The zero-order chi connectivity index (χ0) is 7.40. The summed E-state index contributed by atoms with van der Waals surface area (Å²) < 4.78 is 1.34. The molecule has 1 rings (SSSR count). The highest BCUT2D eigenvalue weighted by Crippen LogP contribution is 2.24. The van der Waals surface area contributed by atoms with Crippen molar-refractivity contribution in [3.63, 3.8) is 0 Å². The third-order valence-electron chi connectivity index (χ3n) is 1.76. The number of hydrogen-bond donors (Lipinski definition) is 0. The zero-order valence-electron chi connectivity index (χ0n) is 6.36. The molecule has 0 N–H and O–H groups in total. The molecule has 0 saturated carbocycles. The molecule has 0 aromatic rings. The highest BCUT2D eigenvalue weighted by atomic mass is 79.9. The van der Waals surface area contributed by atoms with E-state index in [0.29, 0.717) is 0 Å². The van der Waals surface area contributed by atoms with Crippen LogP contribution in [0, 0.1) is 0 Å². The summed E-state index contributed by atoms with van der Waals surface area (Å²) >= 11 is 3.48. The minimum absolute atomic E-state index is 1.20. The summed E-state index contributed by atoms with van der Waals surface area (Å²) in [5.74, 6) is 0. The molecule has 0 radical (unpaired) electrons. The number of allylic oxidation sites excluding steroid dienone is 4. The second-order valence-electron chi connectivity index (χ2n) is 2.69. The fourth-order valence-electron chi connectivity index (χ4n) is 1.18. The topological polar surface area (TPSA) is 0 Å². The van der Waals surface area contributed by atoms with E-state index in [-0.39, 0.29) is 0 Å². The van der Waals surface area contributed by atoms with E-state index < -0.39 is 0 Å². The van der Waals surface area contributed by atoms with Crippen molar-refractivity contribution in [2.75, 3.05) is 0 Å². The first kappa shape index (κ1) is 8.06. The summed E-state index contributed by atoms with van der Waals surface area (Å²) in [5, 5.41) is 0. The monoisotopic (exact) mass is 200 g/mol. The molecule has 0 aromatic heterocycles. The van der Waals surface area contributed by atoms with Gasteiger partial charge in [-0.1, -0.05) is 47.0 Å². The standard InChI is InChI=1S/C9H13Br/c1-2-3-8-4-6-9(10)7-5-8/h4,6H,2-3,5,7H2,1H3. The van der Waals surface area contributed by atoms with Gasteiger partial charge >= 0.3 is 0 Å². The van der Waals surface area contributed by atoms with Crippen molar-refractivity contribution < 1.29 is 0 Å². The van der Waals surface area contributed by atoms with Crippen molar-refractivity contribution >= 4 is 15.9 Å². The van der Waals surface area contributed by atoms with Crippen LogP contribution in [0.15, 0.2) is 22.2 Å². The predicted octanol–water partition coefficient (Wildman–Crippen LogP) is 3.79. The van der Waals surface area contributed by atoms with Crippen molar-refractivity contribution in [1.82, 2.24) is 0 Å². The van der Waals surface area contributed by atoms with Gasteiger partial charge < -0.3 is 0 Å². The zero-order valence-corrected chi connectivity index (χ0v) is 7.95. The van der Waals surface area contributed by atoms with Crippen LogP contribution in [0.25, 0.3) is 0 Å². The first-order valence-corrected chi connectivity index (χ1v) is 4.66. The summed E-state index contributed by atoms with van der Waals surface area (Å²) in [6.45, 7) is 2.23. The SMILES string of the molecule is CCCC1=CC=C(Br)CC1. The molecule has 1 aliphatic carbocycles. The lowest BCUT2D eigenvalue weighted by atomic mass is 10.0. The molecule has 0 aliphatic heterocycles. The molecule has 0 atom stereocenters. The maximum atomic E-state index is 3.48. The van der Waals surface area contributed by atoms with E-state index in [9.17, 15) is 0 Å². The van der Waals surface area contributed by atoms with Crippen LogP contribution in [0.2, 0.25) is 0 Å². The number of rotatable bonds is 2. The quantitative estimate of drug-likeness (QED) is 0.637. The molecule has 0 unspecified atom stereocenters. The van der Waals surface area contributed by atoms with Gasteiger partial charge in [-0.2, -0.15) is 0 Å². The van der Waals surface area contributed by atoms with Gasteiger partial charge in [-0.3, -0.25) is 0 Å². The Bertz CT molecular complexity index is 162. The molecule has 0 spiro atoms. The lowest BCUT2D eigenvalue weighted by molar-refractivity contribution is 0.818. The van der Waals surface area contributed by atoms with Crippen molar-refractivity contribution in [2.45, 2.75) is 32.6 Å². The molecular weight excluding hydrogens is 188 g/mol. The molecule has 0 fully saturated rings. The maximum Gasteiger partial charge on any atom is -0.00462 e. The van der Waals surface area contributed by atoms with Crippen LogP contribution in [-0.2, 0) is 0 Å². The smallest absolute Gasteiger partial charge is 0.00462 e. The molecule has 1 heteroatoms. The second kappa shape index (κ2) is 3.97. The van der Waals surface area contributed by atoms with E-state index in [0.717, 1.165) is 0 Å². The lowest BCUT2D eigenvalue weighted by Crippen LogP contribution is -1.88. The Morgan fingerprint density at radius 1 is 1.40 bits per heavy atom. The minimum Gasteiger partial charge on any atom is -0.0699 e. The third kappa shape index (κ3) is 2.30. The normalized spacial score (nSPS) is 18.2. The van der Waals surface area contributed by atoms with Gasteiger partial charge in [0, 0.05) is 0 Å². The predicted molar refractivity (Wildman–Crippen MR) is 49.2 cm³/mol. The molecule has 0 bridgehead atoms. The van der Waals surface area contributed by atoms with Gasteiger partial charge in [0.05, 0.1) is 0 Å². The fourth-order valence-corrected chi connectivity index (χ4v) is 1.51. The van der Waals surface area contributed by atoms with Gasteiger partial charge in [0.2, 0.25) is 0 Å². The van der Waals surface area contributed by atoms with Crippen molar-refractivity contribution in [3.8, 4) is 0 Å². The molecule has 1 aliphatic rings. The summed E-state index contributed by atoms with van der Waals surface area (Å²) in [7, 11) is 0. The van der Waals surface area contributed by atoms with Gasteiger partial charge in [0.1, 0.15) is 0 Å². The highest BCUT2D eigenvalue weighted by molar-refractivity contribution is 9.11. The Labute approximate surface area is 71.1 Å². The molecule has 10 heavy (non-hydrogen) atoms. The van der Waals surface area contributed by atoms with Gasteiger partial charge in [-0.15, -0.1) is 0 Å². The Morgan fingerprint density at radius 3 is 2.70 bits per heavy atom. The Balaban J connectivity index is 2.47. The van der Waals surface area contributed by atoms with Crippen LogP contribution in [0.1, 0.15) is 32.6 Å². The van der Waals surface area contributed by atoms with E-state index in [1.165, 1.54) is 30.2 Å². The highest BCUT2D eigenvalue weighted by Gasteiger charge is 2.01. The Kier molecular flexibility index (Phi) is 3.20. The number of halogens is 1. The van der Waals surface area contributed by atoms with E-state index in [1.807, 2.05) is 0 Å². The molecule has 0 nitrogen and oxygen atoms in total. The molecule has 0 heterocycles. The number of hydrogen-bond acceptors (Lipinski definition) is 0.